The lowest BCUT2D eigenvalue weighted by Crippen LogP contribution is -2.44. The third kappa shape index (κ3) is 2.66. The Kier molecular flexibility index (Phi) is 4.15. The van der Waals surface area contributed by atoms with Crippen LogP contribution in [-0.2, 0) is 10.0 Å². The van der Waals surface area contributed by atoms with Gasteiger partial charge in [-0.15, -0.1) is 0 Å². The Hall–Kier alpha value is -1.70. The second-order valence-corrected chi connectivity index (χ2v) is 8.46. The first-order valence-electron chi connectivity index (χ1n) is 8.47. The maximum absolute atomic E-state index is 13.1. The van der Waals surface area contributed by atoms with Gasteiger partial charge in [0.1, 0.15) is 4.90 Å². The molecule has 0 bridgehead atoms. The van der Waals surface area contributed by atoms with E-state index in [1.165, 1.54) is 18.0 Å². The fourth-order valence-corrected chi connectivity index (χ4v) is 5.65. The van der Waals surface area contributed by atoms with E-state index in [0.717, 1.165) is 25.8 Å². The molecule has 2 N–H and O–H groups in total. The Balaban J connectivity index is 1.72. The first kappa shape index (κ1) is 15.8. The van der Waals surface area contributed by atoms with Crippen LogP contribution in [0.1, 0.15) is 30.7 Å². The summed E-state index contributed by atoms with van der Waals surface area (Å²) in [5.41, 5.74) is 1.20. The van der Waals surface area contributed by atoms with E-state index in [4.69, 9.17) is 0 Å². The van der Waals surface area contributed by atoms with Crippen molar-refractivity contribution in [3.8, 4) is 0 Å². The molecule has 24 heavy (non-hydrogen) atoms. The molecule has 1 aromatic carbocycles. The molecule has 2 saturated heterocycles. The Morgan fingerprint density at radius 3 is 2.75 bits per heavy atom. The summed E-state index contributed by atoms with van der Waals surface area (Å²) in [6.45, 7) is 1.46. The summed E-state index contributed by atoms with van der Waals surface area (Å²) in [5, 5.41) is 10.0. The summed E-state index contributed by atoms with van der Waals surface area (Å²) in [4.78, 5) is 0.249. The smallest absolute Gasteiger partial charge is 0.246 e. The molecule has 6 nitrogen and oxygen atoms in total. The highest BCUT2D eigenvalue weighted by Gasteiger charge is 2.47. The van der Waals surface area contributed by atoms with Crippen molar-refractivity contribution in [3.05, 3.63) is 48.3 Å². The van der Waals surface area contributed by atoms with Crippen LogP contribution in [0.25, 0.3) is 0 Å². The molecule has 0 amide bonds. The number of fused-ring (bicyclic) bond motifs is 1. The number of nitrogens with zero attached hydrogens (tertiary/aromatic N) is 2. The number of rotatable bonds is 3. The summed E-state index contributed by atoms with van der Waals surface area (Å²) in [5.74, 6) is 0.177. The van der Waals surface area contributed by atoms with E-state index in [9.17, 15) is 8.42 Å². The van der Waals surface area contributed by atoms with Crippen LogP contribution in [-0.4, -0.2) is 48.1 Å². The average molecular weight is 346 g/mol. The molecule has 2 aliphatic heterocycles. The molecule has 2 aromatic rings. The normalized spacial score (nSPS) is 28.4. The zero-order chi connectivity index (χ0) is 16.6. The molecule has 7 heteroatoms. The molecule has 0 saturated carbocycles. The van der Waals surface area contributed by atoms with Crippen LogP contribution in [0.4, 0.5) is 0 Å². The molecule has 3 heterocycles. The van der Waals surface area contributed by atoms with Crippen LogP contribution in [0.5, 0.6) is 0 Å². The number of aromatic amines is 1. The number of hydrogen-bond donors (Lipinski definition) is 2. The summed E-state index contributed by atoms with van der Waals surface area (Å²) >= 11 is 0. The van der Waals surface area contributed by atoms with E-state index in [-0.39, 0.29) is 22.9 Å². The number of H-pyrrole nitrogens is 1. The summed E-state index contributed by atoms with van der Waals surface area (Å²) in [7, 11) is -3.52. The monoisotopic (exact) mass is 346 g/mol. The van der Waals surface area contributed by atoms with Crippen molar-refractivity contribution in [2.24, 2.45) is 0 Å². The first-order chi connectivity index (χ1) is 11.7. The lowest BCUT2D eigenvalue weighted by molar-refractivity contribution is 0.343. The second-order valence-electron chi connectivity index (χ2n) is 6.57. The van der Waals surface area contributed by atoms with Crippen molar-refractivity contribution in [3.63, 3.8) is 0 Å². The SMILES string of the molecule is O=S(=O)(c1cn[nH]c1)N1C[C@@H](c2ccccc2)[C@@H]2NCCCC[C@@H]21. The molecule has 1 aromatic heterocycles. The van der Waals surface area contributed by atoms with Gasteiger partial charge in [0.25, 0.3) is 0 Å². The Bertz CT molecular complexity index is 776. The standard InChI is InChI=1S/C17H22N4O2S/c22-24(23,14-10-19-20-11-14)21-12-15(13-6-2-1-3-7-13)17-16(21)8-4-5-9-18-17/h1-3,6-7,10-11,15-18H,4-5,8-9,12H2,(H,19,20)/t15-,16-,17-/m0/s1. The number of benzene rings is 1. The average Bonchev–Trinajstić information content (AvgIpc) is 3.20. The van der Waals surface area contributed by atoms with Crippen molar-refractivity contribution in [1.29, 1.82) is 0 Å². The van der Waals surface area contributed by atoms with Gasteiger partial charge in [-0.05, 0) is 24.9 Å². The molecule has 4 rings (SSSR count). The van der Waals surface area contributed by atoms with Gasteiger partial charge in [-0.1, -0.05) is 36.8 Å². The van der Waals surface area contributed by atoms with Crippen LogP contribution >= 0.6 is 0 Å². The molecule has 2 fully saturated rings. The van der Waals surface area contributed by atoms with E-state index in [0.29, 0.717) is 6.54 Å². The Labute approximate surface area is 142 Å². The third-order valence-electron chi connectivity index (χ3n) is 5.21. The fourth-order valence-electron chi connectivity index (χ4n) is 4.04. The molecule has 2 aliphatic rings. The van der Waals surface area contributed by atoms with Crippen molar-refractivity contribution in [2.45, 2.75) is 42.2 Å². The van der Waals surface area contributed by atoms with E-state index in [1.54, 1.807) is 4.31 Å². The van der Waals surface area contributed by atoms with E-state index in [1.807, 2.05) is 18.2 Å². The lowest BCUT2D eigenvalue weighted by atomic mass is 9.90. The second kappa shape index (κ2) is 6.31. The molecule has 3 atom stereocenters. The van der Waals surface area contributed by atoms with Gasteiger partial charge in [-0.25, -0.2) is 8.42 Å². The fraction of sp³-hybridized carbons (Fsp3) is 0.471. The zero-order valence-corrected chi connectivity index (χ0v) is 14.2. The van der Waals surface area contributed by atoms with Gasteiger partial charge in [-0.2, -0.15) is 9.40 Å². The molecule has 0 aliphatic carbocycles. The minimum Gasteiger partial charge on any atom is -0.312 e. The predicted molar refractivity (Wildman–Crippen MR) is 91.1 cm³/mol. The van der Waals surface area contributed by atoms with Gasteiger partial charge in [0.15, 0.2) is 0 Å². The van der Waals surface area contributed by atoms with Gasteiger partial charge >= 0.3 is 0 Å². The number of sulfonamides is 1. The van der Waals surface area contributed by atoms with E-state index >= 15 is 0 Å². The first-order valence-corrected chi connectivity index (χ1v) is 9.91. The van der Waals surface area contributed by atoms with Gasteiger partial charge < -0.3 is 5.32 Å². The summed E-state index contributed by atoms with van der Waals surface area (Å²) in [6.07, 6.45) is 5.90. The van der Waals surface area contributed by atoms with Crippen LogP contribution < -0.4 is 5.32 Å². The topological polar surface area (TPSA) is 78.1 Å². The molecular formula is C17H22N4O2S. The highest BCUT2D eigenvalue weighted by atomic mass is 32.2. The molecule has 0 unspecified atom stereocenters. The van der Waals surface area contributed by atoms with Gasteiger partial charge in [0.05, 0.1) is 6.20 Å². The van der Waals surface area contributed by atoms with Crippen LogP contribution in [0.15, 0.2) is 47.6 Å². The van der Waals surface area contributed by atoms with Gasteiger partial charge in [0.2, 0.25) is 10.0 Å². The minimum absolute atomic E-state index is 0.00222. The van der Waals surface area contributed by atoms with Crippen LogP contribution in [0.3, 0.4) is 0 Å². The maximum Gasteiger partial charge on any atom is 0.246 e. The van der Waals surface area contributed by atoms with Crippen LogP contribution in [0, 0.1) is 0 Å². The summed E-state index contributed by atoms with van der Waals surface area (Å²) < 4.78 is 27.8. The van der Waals surface area contributed by atoms with E-state index in [2.05, 4.69) is 27.6 Å². The highest BCUT2D eigenvalue weighted by molar-refractivity contribution is 7.89. The molecule has 128 valence electrons. The largest absolute Gasteiger partial charge is 0.312 e. The molecule has 0 spiro atoms. The highest BCUT2D eigenvalue weighted by Crippen LogP contribution is 2.38. The Morgan fingerprint density at radius 2 is 2.00 bits per heavy atom. The number of nitrogens with one attached hydrogen (secondary N) is 2. The zero-order valence-electron chi connectivity index (χ0n) is 13.4. The summed E-state index contributed by atoms with van der Waals surface area (Å²) in [6, 6.07) is 10.4. The number of aromatic nitrogens is 2. The Morgan fingerprint density at radius 1 is 1.17 bits per heavy atom. The third-order valence-corrected chi connectivity index (χ3v) is 7.07. The van der Waals surface area contributed by atoms with E-state index < -0.39 is 10.0 Å². The van der Waals surface area contributed by atoms with Crippen LogP contribution in [0.2, 0.25) is 0 Å². The van der Waals surface area contributed by atoms with Gasteiger partial charge in [0, 0.05) is 30.7 Å². The molecular weight excluding hydrogens is 324 g/mol. The van der Waals surface area contributed by atoms with Crippen molar-refractivity contribution < 1.29 is 8.42 Å². The van der Waals surface area contributed by atoms with Crippen molar-refractivity contribution >= 4 is 10.0 Å². The quantitative estimate of drug-likeness (QED) is 0.887. The lowest BCUT2D eigenvalue weighted by Gasteiger charge is -2.26. The predicted octanol–water partition coefficient (Wildman–Crippen LogP) is 1.71. The molecule has 0 radical (unpaired) electrons. The van der Waals surface area contributed by atoms with Gasteiger partial charge in [-0.3, -0.25) is 5.10 Å². The van der Waals surface area contributed by atoms with Crippen molar-refractivity contribution in [2.75, 3.05) is 13.1 Å². The minimum atomic E-state index is -3.52. The van der Waals surface area contributed by atoms with Crippen molar-refractivity contribution in [1.82, 2.24) is 19.8 Å². The number of hydrogen-bond acceptors (Lipinski definition) is 4. The maximum atomic E-state index is 13.1.